The lowest BCUT2D eigenvalue weighted by Gasteiger charge is -2.22. The van der Waals surface area contributed by atoms with E-state index in [4.69, 9.17) is 4.74 Å². The van der Waals surface area contributed by atoms with Gasteiger partial charge in [-0.2, -0.15) is 5.10 Å². The first kappa shape index (κ1) is 18.8. The summed E-state index contributed by atoms with van der Waals surface area (Å²) in [7, 11) is 1.87. The fraction of sp³-hybridized carbons (Fsp3) is 0.733. The highest BCUT2D eigenvalue weighted by molar-refractivity contribution is 5.85. The monoisotopic (exact) mass is 330 g/mol. The van der Waals surface area contributed by atoms with Crippen molar-refractivity contribution in [1.29, 1.82) is 0 Å². The Balaban J connectivity index is 0.00000242. The average Bonchev–Trinajstić information content (AvgIpc) is 2.71. The van der Waals surface area contributed by atoms with Gasteiger partial charge in [0.25, 0.3) is 5.91 Å². The highest BCUT2D eigenvalue weighted by atomic mass is 35.5. The molecule has 1 fully saturated rings. The standard InChI is InChI=1S/C15H26N4O2.ClH/c1-11-15(12(2)19(3)18-11)21-10-14(20)17-8-6-13-5-4-7-16-9-13;/h13,16H,4-10H2,1-3H3,(H,17,20);1H. The number of piperidine rings is 1. The molecule has 0 bridgehead atoms. The zero-order valence-corrected chi connectivity index (χ0v) is 14.5. The lowest BCUT2D eigenvalue weighted by atomic mass is 9.96. The number of carbonyl (C=O) groups excluding carboxylic acids is 1. The Morgan fingerprint density at radius 2 is 2.27 bits per heavy atom. The molecular formula is C15H27ClN4O2. The number of amides is 1. The number of hydrogen-bond donors (Lipinski definition) is 2. The second-order valence-electron chi connectivity index (χ2n) is 5.76. The SMILES string of the molecule is Cc1nn(C)c(C)c1OCC(=O)NCCC1CCCNC1.Cl. The van der Waals surface area contributed by atoms with E-state index >= 15 is 0 Å². The molecule has 2 rings (SSSR count). The van der Waals surface area contributed by atoms with Gasteiger partial charge >= 0.3 is 0 Å². The largest absolute Gasteiger partial charge is 0.480 e. The summed E-state index contributed by atoms with van der Waals surface area (Å²) in [5.41, 5.74) is 1.75. The van der Waals surface area contributed by atoms with Gasteiger partial charge in [-0.05, 0) is 52.1 Å². The molecule has 2 N–H and O–H groups in total. The van der Waals surface area contributed by atoms with Gasteiger partial charge in [0.05, 0.1) is 5.69 Å². The molecule has 1 aliphatic heterocycles. The van der Waals surface area contributed by atoms with Crippen LogP contribution in [-0.4, -0.2) is 41.9 Å². The number of aromatic nitrogens is 2. The van der Waals surface area contributed by atoms with Crippen molar-refractivity contribution in [2.45, 2.75) is 33.1 Å². The molecule has 7 heteroatoms. The van der Waals surface area contributed by atoms with E-state index in [0.29, 0.717) is 11.7 Å². The first-order chi connectivity index (χ1) is 10.1. The Morgan fingerprint density at radius 1 is 1.50 bits per heavy atom. The van der Waals surface area contributed by atoms with Crippen LogP contribution in [0.2, 0.25) is 0 Å². The van der Waals surface area contributed by atoms with Crippen LogP contribution in [0, 0.1) is 19.8 Å². The van der Waals surface area contributed by atoms with Gasteiger partial charge in [0.15, 0.2) is 12.4 Å². The molecule has 1 atom stereocenters. The number of nitrogens with zero attached hydrogens (tertiary/aromatic N) is 2. The van der Waals surface area contributed by atoms with E-state index in [0.717, 1.165) is 37.4 Å². The van der Waals surface area contributed by atoms with E-state index < -0.39 is 0 Å². The predicted octanol–water partition coefficient (Wildman–Crippen LogP) is 1.34. The summed E-state index contributed by atoms with van der Waals surface area (Å²) < 4.78 is 7.35. The lowest BCUT2D eigenvalue weighted by Crippen LogP contribution is -2.34. The average molecular weight is 331 g/mol. The van der Waals surface area contributed by atoms with E-state index in [1.165, 1.54) is 12.8 Å². The second-order valence-corrected chi connectivity index (χ2v) is 5.76. The van der Waals surface area contributed by atoms with Crippen LogP contribution < -0.4 is 15.4 Å². The molecule has 1 saturated heterocycles. The van der Waals surface area contributed by atoms with E-state index in [1.807, 2.05) is 20.9 Å². The molecule has 126 valence electrons. The summed E-state index contributed by atoms with van der Waals surface area (Å²) in [6.45, 7) is 6.79. The van der Waals surface area contributed by atoms with Crippen LogP contribution in [-0.2, 0) is 11.8 Å². The van der Waals surface area contributed by atoms with Gasteiger partial charge in [0, 0.05) is 13.6 Å². The molecule has 1 aromatic rings. The van der Waals surface area contributed by atoms with Crippen LogP contribution in [0.5, 0.6) is 5.75 Å². The van der Waals surface area contributed by atoms with Crippen molar-refractivity contribution in [2.75, 3.05) is 26.2 Å². The number of carbonyl (C=O) groups is 1. The fourth-order valence-electron chi connectivity index (χ4n) is 2.74. The maximum absolute atomic E-state index is 11.8. The number of hydrogen-bond acceptors (Lipinski definition) is 4. The zero-order chi connectivity index (χ0) is 15.2. The molecule has 1 aromatic heterocycles. The van der Waals surface area contributed by atoms with Crippen LogP contribution in [0.3, 0.4) is 0 Å². The number of nitrogens with one attached hydrogen (secondary N) is 2. The Morgan fingerprint density at radius 3 is 2.86 bits per heavy atom. The van der Waals surface area contributed by atoms with E-state index in [9.17, 15) is 4.79 Å². The van der Waals surface area contributed by atoms with E-state index in [1.54, 1.807) is 4.68 Å². The summed E-state index contributed by atoms with van der Waals surface area (Å²) >= 11 is 0. The summed E-state index contributed by atoms with van der Waals surface area (Å²) in [5, 5.41) is 10.6. The van der Waals surface area contributed by atoms with Gasteiger partial charge in [0.1, 0.15) is 5.69 Å². The molecule has 0 radical (unpaired) electrons. The Hall–Kier alpha value is -1.27. The third-order valence-electron chi connectivity index (χ3n) is 4.06. The third-order valence-corrected chi connectivity index (χ3v) is 4.06. The fourth-order valence-corrected chi connectivity index (χ4v) is 2.74. The van der Waals surface area contributed by atoms with Gasteiger partial charge in [0.2, 0.25) is 0 Å². The number of aryl methyl sites for hydroxylation is 2. The first-order valence-corrected chi connectivity index (χ1v) is 7.68. The minimum Gasteiger partial charge on any atom is -0.480 e. The maximum Gasteiger partial charge on any atom is 0.257 e. The summed E-state index contributed by atoms with van der Waals surface area (Å²) in [5.74, 6) is 1.33. The van der Waals surface area contributed by atoms with Crippen LogP contribution in [0.4, 0.5) is 0 Å². The van der Waals surface area contributed by atoms with Crippen molar-refractivity contribution in [1.82, 2.24) is 20.4 Å². The number of ether oxygens (including phenoxy) is 1. The van der Waals surface area contributed by atoms with Crippen LogP contribution in [0.1, 0.15) is 30.7 Å². The summed E-state index contributed by atoms with van der Waals surface area (Å²) in [6, 6.07) is 0. The Kier molecular flexibility index (Phi) is 7.68. The van der Waals surface area contributed by atoms with Gasteiger partial charge in [-0.3, -0.25) is 9.48 Å². The highest BCUT2D eigenvalue weighted by Gasteiger charge is 2.14. The van der Waals surface area contributed by atoms with Crippen LogP contribution in [0.25, 0.3) is 0 Å². The molecule has 1 unspecified atom stereocenters. The minimum atomic E-state index is -0.0681. The number of halogens is 1. The molecule has 6 nitrogen and oxygen atoms in total. The molecule has 22 heavy (non-hydrogen) atoms. The molecular weight excluding hydrogens is 304 g/mol. The topological polar surface area (TPSA) is 68.2 Å². The Bertz CT molecular complexity index is 484. The highest BCUT2D eigenvalue weighted by Crippen LogP contribution is 2.21. The van der Waals surface area contributed by atoms with Crippen molar-refractivity contribution >= 4 is 18.3 Å². The van der Waals surface area contributed by atoms with Crippen LogP contribution in [0.15, 0.2) is 0 Å². The van der Waals surface area contributed by atoms with Gasteiger partial charge in [-0.25, -0.2) is 0 Å². The zero-order valence-electron chi connectivity index (χ0n) is 13.6. The van der Waals surface area contributed by atoms with Crippen molar-refractivity contribution < 1.29 is 9.53 Å². The third kappa shape index (κ3) is 5.18. The van der Waals surface area contributed by atoms with Crippen molar-refractivity contribution in [2.24, 2.45) is 13.0 Å². The lowest BCUT2D eigenvalue weighted by molar-refractivity contribution is -0.123. The van der Waals surface area contributed by atoms with Crippen molar-refractivity contribution in [3.8, 4) is 5.75 Å². The maximum atomic E-state index is 11.8. The molecule has 0 spiro atoms. The molecule has 1 amide bonds. The molecule has 0 aliphatic carbocycles. The van der Waals surface area contributed by atoms with Gasteiger partial charge in [-0.15, -0.1) is 12.4 Å². The van der Waals surface area contributed by atoms with Gasteiger partial charge in [-0.1, -0.05) is 0 Å². The van der Waals surface area contributed by atoms with Gasteiger partial charge < -0.3 is 15.4 Å². The molecule has 0 aromatic carbocycles. The van der Waals surface area contributed by atoms with Crippen molar-refractivity contribution in [3.63, 3.8) is 0 Å². The van der Waals surface area contributed by atoms with E-state index in [2.05, 4.69) is 15.7 Å². The minimum absolute atomic E-state index is 0. The first-order valence-electron chi connectivity index (χ1n) is 7.68. The Labute approximate surface area is 138 Å². The molecule has 0 saturated carbocycles. The summed E-state index contributed by atoms with van der Waals surface area (Å²) in [6.07, 6.45) is 3.53. The molecule has 2 heterocycles. The molecule has 1 aliphatic rings. The summed E-state index contributed by atoms with van der Waals surface area (Å²) in [4.78, 5) is 11.8. The predicted molar refractivity (Wildman–Crippen MR) is 88.6 cm³/mol. The van der Waals surface area contributed by atoms with Crippen LogP contribution >= 0.6 is 12.4 Å². The van der Waals surface area contributed by atoms with Crippen molar-refractivity contribution in [3.05, 3.63) is 11.4 Å². The number of rotatable bonds is 6. The van der Waals surface area contributed by atoms with E-state index in [-0.39, 0.29) is 24.9 Å². The normalized spacial score (nSPS) is 17.7. The second kappa shape index (κ2) is 9.00. The smallest absolute Gasteiger partial charge is 0.257 e. The quantitative estimate of drug-likeness (QED) is 0.826.